The first-order chi connectivity index (χ1) is 26.3. The Labute approximate surface area is 321 Å². The molecule has 1 atom stereocenters. The Kier molecular flexibility index (Phi) is 12.3. The van der Waals surface area contributed by atoms with Crippen molar-refractivity contribution < 1.29 is 22.8 Å². The largest absolute Gasteiger partial charge is 0.416 e. The molecule has 0 N–H and O–H groups in total. The van der Waals surface area contributed by atoms with Crippen LogP contribution in [0.15, 0.2) is 134 Å². The molecule has 1 aliphatic heterocycles. The molecule has 4 aromatic carbocycles. The number of hydrogen-bond donors (Lipinski definition) is 0. The number of benzene rings is 4. The van der Waals surface area contributed by atoms with Gasteiger partial charge in [-0.2, -0.15) is 13.2 Å². The molecule has 1 saturated heterocycles. The highest BCUT2D eigenvalue weighted by atomic mass is 19.4. The molecule has 0 unspecified atom stereocenters. The summed E-state index contributed by atoms with van der Waals surface area (Å²) in [5.41, 5.74) is 5.48. The summed E-state index contributed by atoms with van der Waals surface area (Å²) in [6.45, 7) is 9.82. The number of alkyl halides is 3. The van der Waals surface area contributed by atoms with Crippen LogP contribution in [-0.4, -0.2) is 63.7 Å². The zero-order valence-corrected chi connectivity index (χ0v) is 31.5. The SMILES string of the molecule is CC(C)(C)c1ccc(C[C@@H](C(=O)N2CCN(Cc3ccccc3)CC2)N(Cc2ccc(-c3ccccn3)cc2)C(=O)/C=C/c2ccc(C(F)(F)F)cc2)cc1. The Morgan fingerprint density at radius 1 is 0.727 bits per heavy atom. The van der Waals surface area contributed by atoms with Crippen molar-refractivity contribution in [3.05, 3.63) is 167 Å². The van der Waals surface area contributed by atoms with E-state index in [0.29, 0.717) is 38.2 Å². The van der Waals surface area contributed by atoms with E-state index in [2.05, 4.69) is 54.9 Å². The molecule has 2 amide bonds. The molecule has 6 nitrogen and oxygen atoms in total. The van der Waals surface area contributed by atoms with Crippen LogP contribution in [0.3, 0.4) is 0 Å². The van der Waals surface area contributed by atoms with E-state index < -0.39 is 23.7 Å². The molecule has 5 aromatic rings. The Bertz CT molecular complexity index is 2030. The van der Waals surface area contributed by atoms with Crippen LogP contribution >= 0.6 is 0 Å². The standard InChI is InChI=1S/C46H47F3N4O2/c1-45(2,3)39-21-16-35(17-22-39)31-42(44(55)52-29-27-51(28-30-52)32-36-9-5-4-6-10-36)53(33-37-12-19-38(20-13-37)41-11-7-8-26-50-41)43(54)25-18-34-14-23-40(24-15-34)46(47,48)49/h4-26,42H,27-33H2,1-3H3/b25-18+/t42-/m0/s1. The Morgan fingerprint density at radius 3 is 1.95 bits per heavy atom. The molecule has 2 heterocycles. The van der Waals surface area contributed by atoms with Crippen LogP contribution in [0.25, 0.3) is 17.3 Å². The molecule has 1 aliphatic rings. The number of carbonyl (C=O) groups is 2. The average molecular weight is 745 g/mol. The number of piperazine rings is 1. The van der Waals surface area contributed by atoms with Gasteiger partial charge in [-0.25, -0.2) is 0 Å². The Balaban J connectivity index is 1.31. The van der Waals surface area contributed by atoms with Gasteiger partial charge in [-0.05, 0) is 63.6 Å². The maximum Gasteiger partial charge on any atom is 0.416 e. The second-order valence-electron chi connectivity index (χ2n) is 15.1. The van der Waals surface area contributed by atoms with E-state index in [1.54, 1.807) is 11.1 Å². The minimum Gasteiger partial charge on any atom is -0.338 e. The van der Waals surface area contributed by atoms with Gasteiger partial charge in [0.15, 0.2) is 0 Å². The van der Waals surface area contributed by atoms with E-state index >= 15 is 0 Å². The molecule has 6 rings (SSSR count). The van der Waals surface area contributed by atoms with Crippen LogP contribution in [0.5, 0.6) is 0 Å². The topological polar surface area (TPSA) is 56.8 Å². The van der Waals surface area contributed by atoms with Gasteiger partial charge < -0.3 is 9.80 Å². The lowest BCUT2D eigenvalue weighted by molar-refractivity contribution is -0.145. The van der Waals surface area contributed by atoms with Crippen molar-refractivity contribution in [3.8, 4) is 11.3 Å². The van der Waals surface area contributed by atoms with Gasteiger partial charge in [0.05, 0.1) is 11.3 Å². The van der Waals surface area contributed by atoms with Crippen LogP contribution in [0.1, 0.15) is 54.2 Å². The van der Waals surface area contributed by atoms with E-state index in [9.17, 15) is 22.8 Å². The average Bonchev–Trinajstić information content (AvgIpc) is 3.19. The number of hydrogen-bond acceptors (Lipinski definition) is 4. The van der Waals surface area contributed by atoms with Gasteiger partial charge in [0.2, 0.25) is 11.8 Å². The van der Waals surface area contributed by atoms with E-state index in [4.69, 9.17) is 0 Å². The smallest absolute Gasteiger partial charge is 0.338 e. The van der Waals surface area contributed by atoms with Crippen LogP contribution in [0.4, 0.5) is 13.2 Å². The summed E-state index contributed by atoms with van der Waals surface area (Å²) in [4.78, 5) is 39.4. The van der Waals surface area contributed by atoms with Crippen molar-refractivity contribution in [2.24, 2.45) is 0 Å². The second-order valence-corrected chi connectivity index (χ2v) is 15.1. The third-order valence-electron chi connectivity index (χ3n) is 10.1. The summed E-state index contributed by atoms with van der Waals surface area (Å²) in [7, 11) is 0. The van der Waals surface area contributed by atoms with Crippen molar-refractivity contribution in [1.82, 2.24) is 19.7 Å². The highest BCUT2D eigenvalue weighted by Gasteiger charge is 2.34. The summed E-state index contributed by atoms with van der Waals surface area (Å²) < 4.78 is 39.7. The number of aromatic nitrogens is 1. The van der Waals surface area contributed by atoms with Crippen molar-refractivity contribution in [2.75, 3.05) is 26.2 Å². The first kappa shape index (κ1) is 39.2. The van der Waals surface area contributed by atoms with Crippen LogP contribution in [0.2, 0.25) is 0 Å². The third kappa shape index (κ3) is 10.6. The molecule has 0 saturated carbocycles. The van der Waals surface area contributed by atoms with E-state index in [0.717, 1.165) is 46.6 Å². The Morgan fingerprint density at radius 2 is 1.35 bits per heavy atom. The predicted octanol–water partition coefficient (Wildman–Crippen LogP) is 9.06. The van der Waals surface area contributed by atoms with Crippen molar-refractivity contribution >= 4 is 17.9 Å². The number of pyridine rings is 1. The predicted molar refractivity (Wildman–Crippen MR) is 212 cm³/mol. The van der Waals surface area contributed by atoms with Gasteiger partial charge >= 0.3 is 6.18 Å². The first-order valence-electron chi connectivity index (χ1n) is 18.6. The van der Waals surface area contributed by atoms with Crippen LogP contribution < -0.4 is 0 Å². The molecular weight excluding hydrogens is 698 g/mol. The summed E-state index contributed by atoms with van der Waals surface area (Å²) in [5.74, 6) is -0.554. The quantitative estimate of drug-likeness (QED) is 0.127. The number of rotatable bonds is 11. The van der Waals surface area contributed by atoms with Crippen molar-refractivity contribution in [1.29, 1.82) is 0 Å². The monoisotopic (exact) mass is 744 g/mol. The lowest BCUT2D eigenvalue weighted by atomic mass is 9.86. The molecule has 0 spiro atoms. The highest BCUT2D eigenvalue weighted by molar-refractivity contribution is 5.96. The maximum atomic E-state index is 14.7. The Hall–Kier alpha value is -5.54. The highest BCUT2D eigenvalue weighted by Crippen LogP contribution is 2.30. The lowest BCUT2D eigenvalue weighted by Crippen LogP contribution is -2.56. The van der Waals surface area contributed by atoms with Gasteiger partial charge in [0, 0.05) is 63.5 Å². The van der Waals surface area contributed by atoms with Gasteiger partial charge in [0.1, 0.15) is 6.04 Å². The molecule has 0 radical (unpaired) electrons. The molecule has 0 bridgehead atoms. The lowest BCUT2D eigenvalue weighted by Gasteiger charge is -2.39. The first-order valence-corrected chi connectivity index (χ1v) is 18.6. The van der Waals surface area contributed by atoms with Gasteiger partial charge in [0.25, 0.3) is 0 Å². The molecular formula is C46H47F3N4O2. The molecule has 284 valence electrons. The zero-order valence-electron chi connectivity index (χ0n) is 31.5. The number of carbonyl (C=O) groups excluding carboxylic acids is 2. The summed E-state index contributed by atoms with van der Waals surface area (Å²) >= 11 is 0. The summed E-state index contributed by atoms with van der Waals surface area (Å²) in [6, 6.07) is 35.8. The fourth-order valence-corrected chi connectivity index (χ4v) is 6.77. The number of amides is 2. The van der Waals surface area contributed by atoms with Crippen LogP contribution in [0, 0.1) is 0 Å². The normalized spacial score (nSPS) is 14.5. The summed E-state index contributed by atoms with van der Waals surface area (Å²) in [5, 5.41) is 0. The molecule has 0 aliphatic carbocycles. The summed E-state index contributed by atoms with van der Waals surface area (Å²) in [6.07, 6.45) is 0.414. The van der Waals surface area contributed by atoms with Gasteiger partial charge in [-0.1, -0.05) is 118 Å². The molecule has 9 heteroatoms. The fourth-order valence-electron chi connectivity index (χ4n) is 6.77. The number of halogens is 3. The van der Waals surface area contributed by atoms with E-state index in [-0.39, 0.29) is 17.9 Å². The van der Waals surface area contributed by atoms with Crippen LogP contribution in [-0.2, 0) is 40.7 Å². The molecule has 55 heavy (non-hydrogen) atoms. The van der Waals surface area contributed by atoms with E-state index in [1.807, 2.05) is 77.7 Å². The maximum absolute atomic E-state index is 14.7. The fraction of sp³-hybridized carbons (Fsp3) is 0.283. The zero-order chi connectivity index (χ0) is 39.0. The van der Waals surface area contributed by atoms with Gasteiger partial charge in [-0.15, -0.1) is 0 Å². The molecule has 1 aromatic heterocycles. The van der Waals surface area contributed by atoms with Gasteiger partial charge in [-0.3, -0.25) is 19.5 Å². The van der Waals surface area contributed by atoms with E-state index in [1.165, 1.54) is 29.8 Å². The minimum absolute atomic E-state index is 0.0558. The molecule has 1 fully saturated rings. The third-order valence-corrected chi connectivity index (χ3v) is 10.1. The van der Waals surface area contributed by atoms with Crippen molar-refractivity contribution in [3.63, 3.8) is 0 Å². The second kappa shape index (κ2) is 17.3. The van der Waals surface area contributed by atoms with Crippen molar-refractivity contribution in [2.45, 2.75) is 57.9 Å². The minimum atomic E-state index is -4.47. The number of nitrogens with zero attached hydrogens (tertiary/aromatic N) is 4.